The summed E-state index contributed by atoms with van der Waals surface area (Å²) in [6, 6.07) is 44.0. The molecule has 0 amide bonds. The number of benzene rings is 5. The molecule has 5 N–H and O–H groups in total. The molecule has 5 aromatic rings. The van der Waals surface area contributed by atoms with Crippen LogP contribution >= 0.6 is 48.9 Å². The van der Waals surface area contributed by atoms with Crippen LogP contribution in [0.4, 0.5) is 4.70 Å². The van der Waals surface area contributed by atoms with Crippen molar-refractivity contribution in [2.24, 2.45) is 29.6 Å². The van der Waals surface area contributed by atoms with Crippen molar-refractivity contribution in [1.29, 1.82) is 0 Å². The SMILES string of the molecule is C#CC#CC.CC(C)(C)O.CCCC1CCC(c2cc[c-]cc2)CC1.CCCC1CCC(c2ccc(Br)cc2)CC1.CCCC1CCC(c2ccc(C(=O)Cl)cc2)CC1.CCCC1CCC(c2ccc(C(=O)O)cc2)CC1.CCCC1CCC(c2ccc(C(=O)OC(C)(C)C)cc2)CC1.F.N.O=C=O.O=S(Cl)Cl.[3HH].[Br-].[H-].[H-].[Mg+2].[Mg+2]. The smallest absolute Gasteiger partial charge is 1.00 e. The Morgan fingerprint density at radius 2 is 0.739 bits per heavy atom. The van der Waals surface area contributed by atoms with Gasteiger partial charge in [-0.2, -0.15) is 45.5 Å². The molecule has 0 spiro atoms. The summed E-state index contributed by atoms with van der Waals surface area (Å²) >= 11 is 8.96. The maximum absolute atomic E-state index is 12.0. The number of esters is 1. The summed E-state index contributed by atoms with van der Waals surface area (Å²) in [6.45, 7) is 24.1. The van der Waals surface area contributed by atoms with E-state index in [9.17, 15) is 14.4 Å². The predicted octanol–water partition coefficient (Wildman–Crippen LogP) is 24.3. The van der Waals surface area contributed by atoms with Gasteiger partial charge in [-0.25, -0.2) is 13.8 Å². The number of terminal acetylenes is 1. The molecule has 0 bridgehead atoms. The van der Waals surface area contributed by atoms with Crippen LogP contribution in [-0.4, -0.2) is 95.1 Å². The minimum atomic E-state index is -1.67. The minimum absolute atomic E-state index is 0. The number of carbonyl (C=O) groups is 3. The third-order valence-electron chi connectivity index (χ3n) is 20.7. The summed E-state index contributed by atoms with van der Waals surface area (Å²) < 4.78 is 15.7. The van der Waals surface area contributed by atoms with E-state index in [0.29, 0.717) is 34.4 Å². The monoisotopic (exact) mass is 1760 g/mol. The third kappa shape index (κ3) is 52.8. The summed E-state index contributed by atoms with van der Waals surface area (Å²) in [6.07, 6.45) is 45.7. The quantitative estimate of drug-likeness (QED) is 0.0250. The van der Waals surface area contributed by atoms with E-state index in [4.69, 9.17) is 46.8 Å². The van der Waals surface area contributed by atoms with Crippen LogP contribution in [0, 0.1) is 59.8 Å². The van der Waals surface area contributed by atoms with E-state index in [1.165, 1.54) is 225 Å². The second-order valence-corrected chi connectivity index (χ2v) is 35.1. The van der Waals surface area contributed by atoms with Gasteiger partial charge in [0.1, 0.15) is 5.60 Å². The summed E-state index contributed by atoms with van der Waals surface area (Å²) in [5.41, 5.74) is 7.83. The zero-order chi connectivity index (χ0) is 78.9. The Morgan fingerprint density at radius 3 is 0.937 bits per heavy atom. The summed E-state index contributed by atoms with van der Waals surface area (Å²) in [4.78, 5) is 50.1. The van der Waals surface area contributed by atoms with Crippen molar-refractivity contribution in [3.63, 3.8) is 0 Å². The number of hydrogen-bond acceptors (Lipinski definition) is 9. The Labute approximate surface area is 742 Å². The number of carboxylic acids is 1. The molecular weight excluding hydrogens is 1630 g/mol. The maximum Gasteiger partial charge on any atom is 2.00 e. The van der Waals surface area contributed by atoms with Crippen LogP contribution in [0.3, 0.4) is 0 Å². The third-order valence-corrected chi connectivity index (χ3v) is 21.5. The predicted molar refractivity (Wildman–Crippen MR) is 472 cm³/mol. The Hall–Kier alpha value is -3.43. The molecule has 10 rings (SSSR count). The van der Waals surface area contributed by atoms with Gasteiger partial charge < -0.3 is 40.9 Å². The average molecular weight is 1770 g/mol. The molecule has 5 aliphatic carbocycles. The van der Waals surface area contributed by atoms with Crippen LogP contribution in [0.2, 0.25) is 0 Å². The molecule has 10 nitrogen and oxygen atoms in total. The molecule has 0 radical (unpaired) electrons. The van der Waals surface area contributed by atoms with Crippen LogP contribution in [0.15, 0.2) is 126 Å². The van der Waals surface area contributed by atoms with Gasteiger partial charge in [-0.05, 0) is 330 Å². The molecule has 0 atom stereocenters. The second-order valence-electron chi connectivity index (χ2n) is 31.3. The molecule has 5 aromatic carbocycles. The molecule has 5 fully saturated rings. The molecule has 5 aliphatic rings. The van der Waals surface area contributed by atoms with E-state index in [0.717, 1.165) is 41.4 Å². The minimum Gasteiger partial charge on any atom is -1.00 e. The molecule has 0 saturated heterocycles. The molecule has 0 aromatic heterocycles. The van der Waals surface area contributed by atoms with Crippen LogP contribution in [0.1, 0.15) is 368 Å². The molecule has 5 saturated carbocycles. The van der Waals surface area contributed by atoms with Crippen molar-refractivity contribution in [2.45, 2.75) is 317 Å². The normalized spacial score (nSPS) is 20.5. The van der Waals surface area contributed by atoms with Gasteiger partial charge in [0, 0.05) is 32.8 Å². The fourth-order valence-corrected chi connectivity index (χ4v) is 15.8. The zero-order valence-electron chi connectivity index (χ0n) is 71.2. The molecule has 0 unspecified atom stereocenters. The number of rotatable bonds is 18. The average Bonchev–Trinajstić information content (AvgIpc) is 1.55. The van der Waals surface area contributed by atoms with Crippen LogP contribution in [0.25, 0.3) is 0 Å². The molecular formula is C92H137Br2Cl3FMg2NO9S. The van der Waals surface area contributed by atoms with Crippen molar-refractivity contribution in [1.82, 2.24) is 6.15 Å². The molecule has 0 heterocycles. The van der Waals surface area contributed by atoms with Gasteiger partial charge in [-0.1, -0.05) is 169 Å². The first-order valence-corrected chi connectivity index (χ1v) is 43.5. The summed E-state index contributed by atoms with van der Waals surface area (Å²) in [5, 5.41) is 17.0. The molecule has 19 heteroatoms. The number of halogens is 6. The van der Waals surface area contributed by atoms with Crippen molar-refractivity contribution in [3.8, 4) is 24.2 Å². The van der Waals surface area contributed by atoms with Crippen molar-refractivity contribution >= 4 is 128 Å². The Balaban J connectivity index is -0.000000235. The van der Waals surface area contributed by atoms with E-state index in [1.54, 1.807) is 39.8 Å². The zero-order valence-corrected chi connectivity index (χ0v) is 78.3. The maximum atomic E-state index is 12.0. The van der Waals surface area contributed by atoms with Gasteiger partial charge >= 0.3 is 64.2 Å². The van der Waals surface area contributed by atoms with Crippen molar-refractivity contribution < 1.29 is 69.1 Å². The first kappa shape index (κ1) is 114. The van der Waals surface area contributed by atoms with Crippen LogP contribution in [-0.2, 0) is 23.6 Å². The van der Waals surface area contributed by atoms with E-state index in [-0.39, 0.29) is 95.6 Å². The number of aromatic carboxylic acids is 1. The molecule has 111 heavy (non-hydrogen) atoms. The first-order valence-electron chi connectivity index (χ1n) is 39.6. The van der Waals surface area contributed by atoms with Gasteiger partial charge in [0.05, 0.1) is 16.7 Å². The first-order chi connectivity index (χ1) is 50.5. The van der Waals surface area contributed by atoms with E-state index in [2.05, 4.69) is 156 Å². The topological polar surface area (TPSA) is 187 Å². The number of carboxylic acid groups (broad SMARTS) is 1. The molecule has 616 valence electrons. The Morgan fingerprint density at radius 1 is 0.514 bits per heavy atom. The van der Waals surface area contributed by atoms with E-state index in [1.807, 2.05) is 69.3 Å². The number of hydrogen-bond donors (Lipinski definition) is 3. The van der Waals surface area contributed by atoms with Crippen LogP contribution < -0.4 is 23.1 Å². The number of aliphatic hydroxyl groups is 1. The van der Waals surface area contributed by atoms with Gasteiger partial charge in [0.2, 0.25) is 9.23 Å². The standard InChI is InChI=1S/C20H30O2.C16H21ClO.C16H22O2.C15H21Br.C15H21.C5H4.C4H10O.CO2.BrH.Cl2OS.FH.2Mg.H3N.H2.2H/c1-5-6-15-7-9-16(10-8-15)17-11-13-18(14-12-17)19(21)22-20(2,3)4;2*1-2-3-12-4-6-13(7-5-12)14-8-10-15(11-9-14)16(17)18;1-2-3-12-4-6-13(7-5-12)14-8-10-15(16)11-9-14;1-2-6-13-9-11-15(12-10-13)14-7-4-3-5-8-14;1-3-5-4-2;1-4(2,3)5;2-1-3;;1-4(2)3;;;;;;;/h11-16H,5-10H2,1-4H3;8-13H,2-7H2,1H3;8-13H,2-7H2,1H3,(H,17,18);8-13H,2-7H2,1H3;4-5,7-8,13,15H,2,6,9-12H2,1H3;1H,2H3;5H,1-3H3;;1H;;1H;;;1H3;1H;;/q;;;;-1;;;;;;;2*+2;;;2*-1/p-1/i;;;;;;;;;;;;;;1+2;;. The number of ether oxygens (including phenoxy) is 1. The van der Waals surface area contributed by atoms with E-state index < -0.39 is 26.4 Å². The Kier molecular flexibility index (Phi) is 68.3. The second kappa shape index (κ2) is 66.6. The van der Waals surface area contributed by atoms with Gasteiger partial charge in [-0.3, -0.25) is 9.50 Å². The van der Waals surface area contributed by atoms with Crippen molar-refractivity contribution in [2.75, 3.05) is 0 Å². The fraction of sp³-hybridized carbons (Fsp3) is 0.587. The molecule has 0 aliphatic heterocycles. The Bertz CT molecular complexity index is 3270. The fourth-order valence-electron chi connectivity index (χ4n) is 15.5. The summed E-state index contributed by atoms with van der Waals surface area (Å²) in [5.74, 6) is 14.5. The number of carbonyl (C=O) groups excluding carboxylic acids is 4. The largest absolute Gasteiger partial charge is 2.00 e. The van der Waals surface area contributed by atoms with E-state index >= 15 is 0 Å². The summed E-state index contributed by atoms with van der Waals surface area (Å²) in [7, 11) is 7.36. The van der Waals surface area contributed by atoms with Gasteiger partial charge in [-0.15, -0.1) is 6.42 Å². The van der Waals surface area contributed by atoms with Gasteiger partial charge in [0.15, 0.2) is 0 Å². The van der Waals surface area contributed by atoms with Gasteiger partial charge in [0.25, 0.3) is 5.24 Å². The van der Waals surface area contributed by atoms with Crippen LogP contribution in [0.5, 0.6) is 0 Å². The van der Waals surface area contributed by atoms with Crippen molar-refractivity contribution in [3.05, 3.63) is 176 Å².